The van der Waals surface area contributed by atoms with Crippen LogP contribution in [0.5, 0.6) is 0 Å². The Bertz CT molecular complexity index is 1720. The highest BCUT2D eigenvalue weighted by molar-refractivity contribution is 8.01. The molecule has 3 aromatic heterocycles. The monoisotopic (exact) mass is 634 g/mol. The molecule has 2 aromatic carbocycles. The molecule has 0 spiro atoms. The molecule has 0 aliphatic rings. The third-order valence-electron chi connectivity index (χ3n) is 7.93. The summed E-state index contributed by atoms with van der Waals surface area (Å²) in [6.07, 6.45) is 6.70. The van der Waals surface area contributed by atoms with E-state index in [1.54, 1.807) is 23.9 Å². The summed E-state index contributed by atoms with van der Waals surface area (Å²) < 4.78 is 12.8. The molecule has 5 rings (SSSR count). The Kier molecular flexibility index (Phi) is 9.11. The largest absolute Gasteiger partial charge is 0.397 e. The fraction of sp³-hybridized carbons (Fsp3) is 0.355. The van der Waals surface area contributed by atoms with E-state index in [0.29, 0.717) is 5.75 Å². The molecule has 0 radical (unpaired) electrons. The van der Waals surface area contributed by atoms with Gasteiger partial charge in [0.05, 0.1) is 27.8 Å². The number of thioether (sulfide) groups is 1. The molecule has 0 saturated carbocycles. The molecule has 1 atom stereocenters. The summed E-state index contributed by atoms with van der Waals surface area (Å²) in [5, 5.41) is 4.18. The zero-order valence-corrected chi connectivity index (χ0v) is 27.8. The van der Waals surface area contributed by atoms with Crippen molar-refractivity contribution in [3.63, 3.8) is 0 Å². The summed E-state index contributed by atoms with van der Waals surface area (Å²) >= 11 is 3.05. The summed E-state index contributed by atoms with van der Waals surface area (Å²) in [5.41, 5.74) is 8.47. The number of hydrogen-bond donors (Lipinski definition) is 2. The van der Waals surface area contributed by atoms with E-state index in [4.69, 9.17) is 10.2 Å². The van der Waals surface area contributed by atoms with Crippen molar-refractivity contribution in [1.82, 2.24) is 19.1 Å². The fourth-order valence-corrected chi connectivity index (χ4v) is 7.68. The van der Waals surface area contributed by atoms with Gasteiger partial charge in [0.25, 0.3) is 5.91 Å². The third kappa shape index (κ3) is 7.38. The number of amides is 2. The molecule has 12 heteroatoms. The zero-order valence-electron chi connectivity index (χ0n) is 25.2. The van der Waals surface area contributed by atoms with Crippen LogP contribution >= 0.6 is 23.1 Å². The molecular weight excluding hydrogens is 597 g/mol. The predicted octanol–water partition coefficient (Wildman–Crippen LogP) is 7.28. The number of primary amides is 1. The van der Waals surface area contributed by atoms with Crippen molar-refractivity contribution in [2.24, 2.45) is 5.73 Å². The van der Waals surface area contributed by atoms with Gasteiger partial charge < -0.3 is 24.6 Å². The number of thiazole rings is 1. The Morgan fingerprint density at radius 2 is 1.95 bits per heavy atom. The van der Waals surface area contributed by atoms with Gasteiger partial charge in [-0.25, -0.2) is 9.97 Å². The number of nitrogens with two attached hydrogens (primary N) is 1. The van der Waals surface area contributed by atoms with Gasteiger partial charge >= 0.3 is 0 Å². The maximum Gasteiger partial charge on any atom is 0.268 e. The Morgan fingerprint density at radius 1 is 1.16 bits per heavy atom. The second-order valence-electron chi connectivity index (χ2n) is 12.1. The van der Waals surface area contributed by atoms with Crippen molar-refractivity contribution in [1.29, 1.82) is 0 Å². The van der Waals surface area contributed by atoms with E-state index >= 15 is 0 Å². The second kappa shape index (κ2) is 12.6. The summed E-state index contributed by atoms with van der Waals surface area (Å²) in [6, 6.07) is 16.1. The first-order valence-electron chi connectivity index (χ1n) is 14.3. The highest BCUT2D eigenvalue weighted by atomic mass is 32.2. The van der Waals surface area contributed by atoms with Crippen molar-refractivity contribution < 1.29 is 14.0 Å². The number of carbonyl (C=O) groups excluding carboxylic acids is 2. The van der Waals surface area contributed by atoms with Crippen molar-refractivity contribution in [2.75, 3.05) is 11.1 Å². The number of hydrogen-bond acceptors (Lipinski definition) is 7. The van der Waals surface area contributed by atoms with Crippen LogP contribution in [0.4, 0.5) is 5.69 Å². The number of imidazole rings is 1. The Hall–Kier alpha value is -3.45. The smallest absolute Gasteiger partial charge is 0.268 e. The average Bonchev–Trinajstić information content (AvgIpc) is 3.69. The highest BCUT2D eigenvalue weighted by Crippen LogP contribution is 2.39. The predicted molar refractivity (Wildman–Crippen MR) is 178 cm³/mol. The van der Waals surface area contributed by atoms with Crippen LogP contribution in [0.1, 0.15) is 50.3 Å². The van der Waals surface area contributed by atoms with Gasteiger partial charge in [0.1, 0.15) is 11.9 Å². The molecule has 0 bridgehead atoms. The van der Waals surface area contributed by atoms with Crippen LogP contribution in [0.2, 0.25) is 18.1 Å². The van der Waals surface area contributed by atoms with Crippen molar-refractivity contribution in [2.45, 2.75) is 68.9 Å². The van der Waals surface area contributed by atoms with Crippen LogP contribution in [-0.4, -0.2) is 45.0 Å². The van der Waals surface area contributed by atoms with Gasteiger partial charge in [0.15, 0.2) is 12.7 Å². The summed E-state index contributed by atoms with van der Waals surface area (Å²) in [4.78, 5) is 33.2. The second-order valence-corrected chi connectivity index (χ2v) is 19.1. The Labute approximate surface area is 261 Å². The topological polar surface area (TPSA) is 117 Å². The van der Waals surface area contributed by atoms with E-state index < -0.39 is 14.2 Å². The minimum atomic E-state index is -2.11. The number of fused-ring (bicyclic) bond motifs is 2. The van der Waals surface area contributed by atoms with Crippen molar-refractivity contribution >= 4 is 70.0 Å². The lowest BCUT2D eigenvalue weighted by atomic mass is 10.2. The first-order valence-corrected chi connectivity index (χ1v) is 19.0. The molecule has 226 valence electrons. The summed E-state index contributed by atoms with van der Waals surface area (Å²) in [6.45, 7) is 11.8. The molecule has 43 heavy (non-hydrogen) atoms. The Morgan fingerprint density at radius 3 is 2.67 bits per heavy atom. The lowest BCUT2D eigenvalue weighted by Gasteiger charge is -2.39. The van der Waals surface area contributed by atoms with Crippen LogP contribution < -0.4 is 11.1 Å². The van der Waals surface area contributed by atoms with E-state index in [0.717, 1.165) is 50.5 Å². The quantitative estimate of drug-likeness (QED) is 0.110. The number of nitrogens with zero attached hydrogens (tertiary/aromatic N) is 4. The van der Waals surface area contributed by atoms with Gasteiger partial charge in [-0.2, -0.15) is 0 Å². The molecule has 0 aliphatic heterocycles. The average molecular weight is 635 g/mol. The fourth-order valence-electron chi connectivity index (χ4n) is 4.54. The normalized spacial score (nSPS) is 13.0. The highest BCUT2D eigenvalue weighted by Gasteiger charge is 2.39. The van der Waals surface area contributed by atoms with Crippen molar-refractivity contribution in [3.8, 4) is 0 Å². The van der Waals surface area contributed by atoms with E-state index in [2.05, 4.69) is 66.0 Å². The van der Waals surface area contributed by atoms with Crippen LogP contribution in [0.3, 0.4) is 0 Å². The molecule has 9 nitrogen and oxygen atoms in total. The van der Waals surface area contributed by atoms with Crippen LogP contribution in [-0.2, 0) is 15.8 Å². The molecule has 5 aromatic rings. The number of aryl methyl sites for hydroxylation is 1. The van der Waals surface area contributed by atoms with Gasteiger partial charge in [-0.1, -0.05) is 50.7 Å². The first-order chi connectivity index (χ1) is 20.4. The summed E-state index contributed by atoms with van der Waals surface area (Å²) in [5.74, 6) is -0.329. The number of aromatic nitrogens is 4. The number of benzene rings is 2. The van der Waals surface area contributed by atoms with Crippen LogP contribution in [0.15, 0.2) is 71.6 Å². The third-order valence-corrected chi connectivity index (χ3v) is 14.6. The van der Waals surface area contributed by atoms with Gasteiger partial charge in [0, 0.05) is 24.6 Å². The molecule has 2 amide bonds. The maximum atomic E-state index is 12.8. The van der Waals surface area contributed by atoms with E-state index in [-0.39, 0.29) is 22.9 Å². The lowest BCUT2D eigenvalue weighted by molar-refractivity contribution is -0.113. The first kappa shape index (κ1) is 31.0. The molecule has 0 saturated heterocycles. The van der Waals surface area contributed by atoms with E-state index in [9.17, 15) is 9.59 Å². The molecule has 3 N–H and O–H groups in total. The SMILES string of the molecule is CC(C)(C)[Si](C)(C)O[C@H](CCCn1ccc2ccc(NC(=O)CSc3nc4ccccc4s3)cc21)n1cnc(C(N)=O)c1. The van der Waals surface area contributed by atoms with Crippen LogP contribution in [0.25, 0.3) is 21.1 Å². The standard InChI is InChI=1S/C31H38N6O3S2Si/c1-31(2,3)43(4,5)40-28(37-18-24(29(32)39)33-20-37)11-8-15-36-16-14-21-12-13-22(17-25(21)36)34-27(38)19-41-30-35-23-9-6-7-10-26(23)42-30/h6-7,9-10,12-14,16-18,20,28H,8,11,15,19H2,1-5H3,(H2,32,39)(H,34,38)/t28-/m1/s1. The number of anilines is 1. The maximum absolute atomic E-state index is 12.8. The summed E-state index contributed by atoms with van der Waals surface area (Å²) in [7, 11) is -2.11. The van der Waals surface area contributed by atoms with E-state index in [1.807, 2.05) is 47.0 Å². The number of rotatable bonds is 12. The van der Waals surface area contributed by atoms with Crippen LogP contribution in [0, 0.1) is 0 Å². The molecule has 0 fully saturated rings. The molecule has 0 unspecified atom stereocenters. The van der Waals surface area contributed by atoms with E-state index in [1.165, 1.54) is 11.8 Å². The zero-order chi connectivity index (χ0) is 30.8. The van der Waals surface area contributed by atoms with Gasteiger partial charge in [0.2, 0.25) is 5.91 Å². The molecular formula is C31H38N6O3S2Si. The minimum absolute atomic E-state index is 0.0305. The molecule has 3 heterocycles. The Balaban J connectivity index is 1.23. The minimum Gasteiger partial charge on any atom is -0.397 e. The van der Waals surface area contributed by atoms with Gasteiger partial charge in [-0.05, 0) is 66.7 Å². The van der Waals surface area contributed by atoms with Gasteiger partial charge in [-0.15, -0.1) is 11.3 Å². The molecule has 0 aliphatic carbocycles. The number of nitrogens with one attached hydrogen (secondary N) is 1. The van der Waals surface area contributed by atoms with Crippen molar-refractivity contribution in [3.05, 3.63) is 72.9 Å². The number of para-hydroxylation sites is 1. The lowest BCUT2D eigenvalue weighted by Crippen LogP contribution is -2.42. The van der Waals surface area contributed by atoms with Gasteiger partial charge in [-0.3, -0.25) is 9.59 Å². The number of carbonyl (C=O) groups is 2.